The second-order valence-corrected chi connectivity index (χ2v) is 9.10. The lowest BCUT2D eigenvalue weighted by atomic mass is 9.98. The van der Waals surface area contributed by atoms with Crippen LogP contribution < -0.4 is 0 Å². The molecule has 0 radical (unpaired) electrons. The number of halogens is 1. The predicted octanol–water partition coefficient (Wildman–Crippen LogP) is 2.57. The quantitative estimate of drug-likeness (QED) is 0.334. The molecule has 0 spiro atoms. The van der Waals surface area contributed by atoms with Crippen LogP contribution in [0.4, 0.5) is 4.79 Å². The highest BCUT2D eigenvalue weighted by Crippen LogP contribution is 2.36. The summed E-state index contributed by atoms with van der Waals surface area (Å²) in [6.45, 7) is 1.47. The van der Waals surface area contributed by atoms with E-state index >= 15 is 0 Å². The van der Waals surface area contributed by atoms with E-state index in [4.69, 9.17) is 30.9 Å². The Morgan fingerprint density at radius 1 is 1.03 bits per heavy atom. The summed E-state index contributed by atoms with van der Waals surface area (Å²) in [5, 5.41) is 42.2. The van der Waals surface area contributed by atoms with Gasteiger partial charge in [0, 0.05) is 18.2 Å². The maximum absolute atomic E-state index is 11.6. The fourth-order valence-electron chi connectivity index (χ4n) is 4.47. The summed E-state index contributed by atoms with van der Waals surface area (Å²) in [6.07, 6.45) is -4.66. The minimum Gasteiger partial charge on any atom is -0.435 e. The van der Waals surface area contributed by atoms with Gasteiger partial charge in [-0.3, -0.25) is 0 Å². The van der Waals surface area contributed by atoms with E-state index in [1.807, 2.05) is 30.3 Å². The van der Waals surface area contributed by atoms with Crippen molar-refractivity contribution in [3.8, 4) is 0 Å². The summed E-state index contributed by atoms with van der Waals surface area (Å²) in [5.74, 6) is 0. The van der Waals surface area contributed by atoms with Crippen molar-refractivity contribution >= 4 is 28.7 Å². The Balaban J connectivity index is 1.65. The number of ether oxygens (including phenoxy) is 3. The molecule has 194 valence electrons. The van der Waals surface area contributed by atoms with E-state index in [1.54, 1.807) is 29.8 Å². The average Bonchev–Trinajstić information content (AvgIpc) is 3.23. The Kier molecular flexibility index (Phi) is 8.50. The molecule has 0 saturated carbocycles. The maximum Gasteiger partial charge on any atom is 0.508 e. The summed E-state index contributed by atoms with van der Waals surface area (Å²) in [4.78, 5) is 11.6. The van der Waals surface area contributed by atoms with Gasteiger partial charge in [-0.05, 0) is 48.6 Å². The molecule has 2 aromatic carbocycles. The SMILES string of the molecule is CCOC(=O)OC[C@H]1O[C@@H](n2cc(Cc3ccc(CCO)cc3)c3c(Cl)cccc32)[C@H](O)[C@@H](O)[C@@H]1O. The molecule has 4 rings (SSSR count). The van der Waals surface area contributed by atoms with Gasteiger partial charge in [0.25, 0.3) is 0 Å². The largest absolute Gasteiger partial charge is 0.508 e. The Bertz CT molecular complexity index is 1180. The van der Waals surface area contributed by atoms with Crippen LogP contribution in [0.1, 0.15) is 29.8 Å². The number of hydrogen-bond donors (Lipinski definition) is 4. The van der Waals surface area contributed by atoms with Gasteiger partial charge in [0.05, 0.1) is 17.1 Å². The third-order valence-electron chi connectivity index (χ3n) is 6.29. The molecule has 4 N–H and O–H groups in total. The Morgan fingerprint density at radius 2 is 1.75 bits per heavy atom. The highest BCUT2D eigenvalue weighted by atomic mass is 35.5. The van der Waals surface area contributed by atoms with Crippen LogP contribution in [-0.4, -0.2) is 75.4 Å². The molecule has 36 heavy (non-hydrogen) atoms. The molecule has 0 unspecified atom stereocenters. The van der Waals surface area contributed by atoms with Crippen molar-refractivity contribution in [1.29, 1.82) is 0 Å². The van der Waals surface area contributed by atoms with Crippen LogP contribution in [0.15, 0.2) is 48.7 Å². The van der Waals surface area contributed by atoms with Gasteiger partial charge in [-0.15, -0.1) is 0 Å². The van der Waals surface area contributed by atoms with Gasteiger partial charge in [-0.2, -0.15) is 0 Å². The molecule has 2 heterocycles. The van der Waals surface area contributed by atoms with E-state index in [-0.39, 0.29) is 19.8 Å². The second kappa shape index (κ2) is 11.6. The molecule has 0 amide bonds. The first-order valence-corrected chi connectivity index (χ1v) is 12.2. The van der Waals surface area contributed by atoms with Crippen LogP contribution in [0.3, 0.4) is 0 Å². The lowest BCUT2D eigenvalue weighted by Crippen LogP contribution is -2.56. The number of rotatable bonds is 8. The molecule has 1 aliphatic rings. The summed E-state index contributed by atoms with van der Waals surface area (Å²) >= 11 is 6.57. The topological polar surface area (TPSA) is 131 Å². The van der Waals surface area contributed by atoms with Gasteiger partial charge in [-0.1, -0.05) is 41.9 Å². The maximum atomic E-state index is 11.6. The van der Waals surface area contributed by atoms with Crippen LogP contribution >= 0.6 is 11.6 Å². The lowest BCUT2D eigenvalue weighted by molar-refractivity contribution is -0.250. The normalized spacial score (nSPS) is 24.1. The molecule has 10 heteroatoms. The predicted molar refractivity (Wildman–Crippen MR) is 132 cm³/mol. The highest BCUT2D eigenvalue weighted by Gasteiger charge is 2.45. The fraction of sp³-hybridized carbons (Fsp3) is 0.423. The molecule has 0 bridgehead atoms. The zero-order valence-corrected chi connectivity index (χ0v) is 20.5. The summed E-state index contributed by atoms with van der Waals surface area (Å²) < 4.78 is 17.4. The molecule has 1 fully saturated rings. The van der Waals surface area contributed by atoms with Gasteiger partial charge in [0.2, 0.25) is 0 Å². The van der Waals surface area contributed by atoms with Crippen LogP contribution in [0.25, 0.3) is 10.9 Å². The van der Waals surface area contributed by atoms with E-state index in [1.165, 1.54) is 0 Å². The van der Waals surface area contributed by atoms with Crippen LogP contribution in [0.2, 0.25) is 5.02 Å². The van der Waals surface area contributed by atoms with Crippen molar-refractivity contribution in [2.75, 3.05) is 19.8 Å². The van der Waals surface area contributed by atoms with Crippen molar-refractivity contribution in [2.24, 2.45) is 0 Å². The van der Waals surface area contributed by atoms with Gasteiger partial charge in [-0.25, -0.2) is 4.79 Å². The number of aromatic nitrogens is 1. The van der Waals surface area contributed by atoms with Crippen LogP contribution in [0, 0.1) is 0 Å². The van der Waals surface area contributed by atoms with Crippen molar-refractivity contribution in [2.45, 2.75) is 50.4 Å². The number of aliphatic hydroxyl groups excluding tert-OH is 4. The molecular formula is C26H30ClNO8. The standard InChI is InChI=1S/C26H30ClNO8/c1-2-34-26(33)35-14-20-22(30)23(31)24(32)25(36-20)28-13-17(21-18(27)4-3-5-19(21)28)12-16-8-6-15(7-9-16)10-11-29/h3-9,13,20,22-25,29-32H,2,10-12,14H2,1H3/t20-,22-,23+,24-,25-/m1/s1. The summed E-state index contributed by atoms with van der Waals surface area (Å²) in [7, 11) is 0. The average molecular weight is 520 g/mol. The zero-order chi connectivity index (χ0) is 25.8. The summed E-state index contributed by atoms with van der Waals surface area (Å²) in [6, 6.07) is 13.3. The van der Waals surface area contributed by atoms with E-state index in [0.29, 0.717) is 23.4 Å². The van der Waals surface area contributed by atoms with E-state index in [2.05, 4.69) is 0 Å². The van der Waals surface area contributed by atoms with E-state index < -0.39 is 36.8 Å². The minimum atomic E-state index is -1.54. The molecule has 3 aromatic rings. The van der Waals surface area contributed by atoms with Crippen LogP contribution in [0.5, 0.6) is 0 Å². The number of aliphatic hydroxyl groups is 4. The van der Waals surface area contributed by atoms with Gasteiger partial charge < -0.3 is 39.2 Å². The van der Waals surface area contributed by atoms with Crippen molar-refractivity contribution in [3.63, 3.8) is 0 Å². The highest BCUT2D eigenvalue weighted by molar-refractivity contribution is 6.35. The Morgan fingerprint density at radius 3 is 2.44 bits per heavy atom. The molecular weight excluding hydrogens is 490 g/mol. The third-order valence-corrected chi connectivity index (χ3v) is 6.61. The fourth-order valence-corrected chi connectivity index (χ4v) is 4.76. The number of nitrogens with zero attached hydrogens (tertiary/aromatic N) is 1. The molecule has 5 atom stereocenters. The third kappa shape index (κ3) is 5.51. The smallest absolute Gasteiger partial charge is 0.435 e. The second-order valence-electron chi connectivity index (χ2n) is 8.69. The van der Waals surface area contributed by atoms with Gasteiger partial charge in [0.1, 0.15) is 31.0 Å². The minimum absolute atomic E-state index is 0.0819. The Hall–Kier alpha value is -2.66. The summed E-state index contributed by atoms with van der Waals surface area (Å²) in [5.41, 5.74) is 3.61. The number of carbonyl (C=O) groups is 1. The number of fused-ring (bicyclic) bond motifs is 1. The van der Waals surface area contributed by atoms with Crippen molar-refractivity contribution in [1.82, 2.24) is 4.57 Å². The molecule has 1 aromatic heterocycles. The molecule has 9 nitrogen and oxygen atoms in total. The lowest BCUT2D eigenvalue weighted by Gasteiger charge is -2.41. The van der Waals surface area contributed by atoms with E-state index in [9.17, 15) is 20.1 Å². The number of hydrogen-bond acceptors (Lipinski definition) is 8. The monoisotopic (exact) mass is 519 g/mol. The Labute approximate surface area is 213 Å². The number of carbonyl (C=O) groups excluding carboxylic acids is 1. The molecule has 0 aliphatic carbocycles. The first-order chi connectivity index (χ1) is 17.3. The molecule has 1 saturated heterocycles. The van der Waals surface area contributed by atoms with Crippen molar-refractivity contribution < 1.29 is 39.4 Å². The van der Waals surface area contributed by atoms with Crippen LogP contribution in [-0.2, 0) is 27.1 Å². The first-order valence-electron chi connectivity index (χ1n) is 11.8. The van der Waals surface area contributed by atoms with Crippen molar-refractivity contribution in [3.05, 3.63) is 70.4 Å². The number of benzene rings is 2. The van der Waals surface area contributed by atoms with Gasteiger partial charge >= 0.3 is 6.16 Å². The van der Waals surface area contributed by atoms with E-state index in [0.717, 1.165) is 22.1 Å². The first kappa shape index (κ1) is 26.4. The molecule has 1 aliphatic heterocycles. The van der Waals surface area contributed by atoms with Gasteiger partial charge in [0.15, 0.2) is 6.23 Å². The zero-order valence-electron chi connectivity index (χ0n) is 19.8.